The fourth-order valence-corrected chi connectivity index (χ4v) is 2.42. The van der Waals surface area contributed by atoms with Gasteiger partial charge in [-0.3, -0.25) is 9.59 Å². The van der Waals surface area contributed by atoms with Crippen molar-refractivity contribution in [2.24, 2.45) is 5.10 Å². The molecule has 0 saturated heterocycles. The summed E-state index contributed by atoms with van der Waals surface area (Å²) < 4.78 is 10.8. The highest BCUT2D eigenvalue weighted by molar-refractivity contribution is 6.39. The minimum Gasteiger partial charge on any atom is -0.493 e. The van der Waals surface area contributed by atoms with Gasteiger partial charge in [0.25, 0.3) is 5.91 Å². The van der Waals surface area contributed by atoms with Gasteiger partial charge in [0.05, 0.1) is 19.8 Å². The van der Waals surface area contributed by atoms with E-state index in [2.05, 4.69) is 10.4 Å². The molecule has 0 aliphatic carbocycles. The summed E-state index contributed by atoms with van der Waals surface area (Å²) in [5, 5.41) is 8.14. The lowest BCUT2D eigenvalue weighted by atomic mass is 10.1. The van der Waals surface area contributed by atoms with E-state index in [1.807, 2.05) is 32.0 Å². The lowest BCUT2D eigenvalue weighted by Gasteiger charge is -2.21. The van der Waals surface area contributed by atoms with Gasteiger partial charge in [-0.25, -0.2) is 5.01 Å². The SMILES string of the molecule is CCOc1ccc([C@H](C)NC(=O)C2=NN(C)C(=O)CC2)cc1OC. The summed E-state index contributed by atoms with van der Waals surface area (Å²) in [5.41, 5.74) is 1.26. The number of hydrogen-bond acceptors (Lipinski definition) is 5. The zero-order valence-corrected chi connectivity index (χ0v) is 14.5. The Morgan fingerprint density at radius 1 is 1.38 bits per heavy atom. The second-order valence-electron chi connectivity index (χ2n) is 5.50. The molecule has 0 fully saturated rings. The summed E-state index contributed by atoms with van der Waals surface area (Å²) in [6, 6.07) is 5.32. The van der Waals surface area contributed by atoms with Crippen LogP contribution in [0, 0.1) is 0 Å². The van der Waals surface area contributed by atoms with E-state index >= 15 is 0 Å². The van der Waals surface area contributed by atoms with E-state index in [1.54, 1.807) is 14.2 Å². The van der Waals surface area contributed by atoms with Crippen molar-refractivity contribution in [1.29, 1.82) is 0 Å². The van der Waals surface area contributed by atoms with Crippen LogP contribution in [0.1, 0.15) is 38.3 Å². The van der Waals surface area contributed by atoms with E-state index in [9.17, 15) is 9.59 Å². The van der Waals surface area contributed by atoms with Crippen LogP contribution in [0.4, 0.5) is 0 Å². The molecule has 0 saturated carbocycles. The van der Waals surface area contributed by atoms with Crippen LogP contribution in [0.5, 0.6) is 11.5 Å². The first-order valence-electron chi connectivity index (χ1n) is 7.91. The molecule has 130 valence electrons. The monoisotopic (exact) mass is 333 g/mol. The molecule has 24 heavy (non-hydrogen) atoms. The maximum Gasteiger partial charge on any atom is 0.267 e. The molecule has 2 amide bonds. The first kappa shape index (κ1) is 17.8. The fraction of sp³-hybridized carbons (Fsp3) is 0.471. The normalized spacial score (nSPS) is 15.6. The zero-order valence-electron chi connectivity index (χ0n) is 14.5. The molecule has 1 aromatic rings. The highest BCUT2D eigenvalue weighted by Crippen LogP contribution is 2.30. The van der Waals surface area contributed by atoms with Crippen molar-refractivity contribution < 1.29 is 19.1 Å². The van der Waals surface area contributed by atoms with Gasteiger partial charge >= 0.3 is 0 Å². The van der Waals surface area contributed by atoms with E-state index in [-0.39, 0.29) is 17.9 Å². The van der Waals surface area contributed by atoms with Gasteiger partial charge in [-0.15, -0.1) is 0 Å². The number of methoxy groups -OCH3 is 1. The predicted octanol–water partition coefficient (Wildman–Crippen LogP) is 1.88. The summed E-state index contributed by atoms with van der Waals surface area (Å²) in [5.74, 6) is 0.931. The minimum absolute atomic E-state index is 0.0872. The number of hydrazone groups is 1. The van der Waals surface area contributed by atoms with Gasteiger partial charge in [0, 0.05) is 19.9 Å². The van der Waals surface area contributed by atoms with Crippen molar-refractivity contribution in [3.8, 4) is 11.5 Å². The Morgan fingerprint density at radius 2 is 2.12 bits per heavy atom. The molecule has 1 aromatic carbocycles. The second-order valence-corrected chi connectivity index (χ2v) is 5.50. The molecule has 0 spiro atoms. The zero-order chi connectivity index (χ0) is 17.7. The lowest BCUT2D eigenvalue weighted by molar-refractivity contribution is -0.130. The van der Waals surface area contributed by atoms with Crippen molar-refractivity contribution in [3.05, 3.63) is 23.8 Å². The highest BCUT2D eigenvalue weighted by Gasteiger charge is 2.23. The Balaban J connectivity index is 2.09. The van der Waals surface area contributed by atoms with Gasteiger partial charge in [0.2, 0.25) is 5.91 Å². The smallest absolute Gasteiger partial charge is 0.267 e. The summed E-state index contributed by atoms with van der Waals surface area (Å²) in [6.45, 7) is 4.34. The predicted molar refractivity (Wildman–Crippen MR) is 90.2 cm³/mol. The van der Waals surface area contributed by atoms with Gasteiger partial charge in [0.1, 0.15) is 5.71 Å². The molecule has 1 aliphatic heterocycles. The average molecular weight is 333 g/mol. The summed E-state index contributed by atoms with van der Waals surface area (Å²) in [6.07, 6.45) is 0.655. The number of nitrogens with zero attached hydrogens (tertiary/aromatic N) is 2. The molecule has 1 heterocycles. The van der Waals surface area contributed by atoms with Gasteiger partial charge in [-0.05, 0) is 31.5 Å². The first-order chi connectivity index (χ1) is 11.5. The van der Waals surface area contributed by atoms with Crippen LogP contribution in [-0.4, -0.2) is 43.3 Å². The largest absolute Gasteiger partial charge is 0.493 e. The van der Waals surface area contributed by atoms with Crippen LogP contribution in [0.2, 0.25) is 0 Å². The number of benzene rings is 1. The van der Waals surface area contributed by atoms with E-state index in [4.69, 9.17) is 9.47 Å². The lowest BCUT2D eigenvalue weighted by Crippen LogP contribution is -2.38. The van der Waals surface area contributed by atoms with Crippen LogP contribution >= 0.6 is 0 Å². The Bertz CT molecular complexity index is 657. The van der Waals surface area contributed by atoms with Crippen molar-refractivity contribution >= 4 is 17.5 Å². The van der Waals surface area contributed by atoms with E-state index < -0.39 is 0 Å². The van der Waals surface area contributed by atoms with Crippen LogP contribution in [0.25, 0.3) is 0 Å². The fourth-order valence-electron chi connectivity index (χ4n) is 2.42. The quantitative estimate of drug-likeness (QED) is 0.862. The maximum atomic E-state index is 12.3. The molecule has 1 N–H and O–H groups in total. The Labute approximate surface area is 141 Å². The minimum atomic E-state index is -0.269. The molecule has 0 unspecified atom stereocenters. The Kier molecular flexibility index (Phi) is 5.78. The summed E-state index contributed by atoms with van der Waals surface area (Å²) in [4.78, 5) is 23.7. The second kappa shape index (κ2) is 7.81. The van der Waals surface area contributed by atoms with E-state index in [0.29, 0.717) is 36.7 Å². The molecule has 0 radical (unpaired) electrons. The number of nitrogens with one attached hydrogen (secondary N) is 1. The Hall–Kier alpha value is -2.57. The molecule has 0 bridgehead atoms. The number of amides is 2. The molecule has 0 aromatic heterocycles. The first-order valence-corrected chi connectivity index (χ1v) is 7.91. The molecule has 1 atom stereocenters. The van der Waals surface area contributed by atoms with E-state index in [0.717, 1.165) is 5.56 Å². The maximum absolute atomic E-state index is 12.3. The van der Waals surface area contributed by atoms with Crippen molar-refractivity contribution in [3.63, 3.8) is 0 Å². The molecule has 7 heteroatoms. The summed E-state index contributed by atoms with van der Waals surface area (Å²) in [7, 11) is 3.13. The van der Waals surface area contributed by atoms with Crippen molar-refractivity contribution in [2.75, 3.05) is 20.8 Å². The van der Waals surface area contributed by atoms with Gasteiger partial charge < -0.3 is 14.8 Å². The number of ether oxygens (including phenoxy) is 2. The molecule has 7 nitrogen and oxygen atoms in total. The van der Waals surface area contributed by atoms with Crippen LogP contribution in [-0.2, 0) is 9.59 Å². The van der Waals surface area contributed by atoms with Crippen LogP contribution < -0.4 is 14.8 Å². The van der Waals surface area contributed by atoms with Gasteiger partial charge in [-0.1, -0.05) is 6.07 Å². The van der Waals surface area contributed by atoms with E-state index in [1.165, 1.54) is 5.01 Å². The molecule has 2 rings (SSSR count). The molecular weight excluding hydrogens is 310 g/mol. The highest BCUT2D eigenvalue weighted by atomic mass is 16.5. The van der Waals surface area contributed by atoms with Crippen LogP contribution in [0.15, 0.2) is 23.3 Å². The number of hydrogen-bond donors (Lipinski definition) is 1. The van der Waals surface area contributed by atoms with Gasteiger partial charge in [-0.2, -0.15) is 5.10 Å². The molecule has 1 aliphatic rings. The third-order valence-electron chi connectivity index (χ3n) is 3.80. The summed E-state index contributed by atoms with van der Waals surface area (Å²) >= 11 is 0. The topological polar surface area (TPSA) is 80.2 Å². The van der Waals surface area contributed by atoms with Crippen molar-refractivity contribution in [2.45, 2.75) is 32.7 Å². The number of carbonyl (C=O) groups excluding carboxylic acids is 2. The number of rotatable bonds is 6. The standard InChI is InChI=1S/C17H23N3O4/c1-5-24-14-8-6-12(10-15(14)23-4)11(2)18-17(22)13-7-9-16(21)20(3)19-13/h6,8,10-11H,5,7,9H2,1-4H3,(H,18,22)/t11-/m0/s1. The third kappa shape index (κ3) is 4.04. The average Bonchev–Trinajstić information content (AvgIpc) is 2.57. The van der Waals surface area contributed by atoms with Gasteiger partial charge in [0.15, 0.2) is 11.5 Å². The van der Waals surface area contributed by atoms with Crippen LogP contribution in [0.3, 0.4) is 0 Å². The number of carbonyl (C=O) groups is 2. The Morgan fingerprint density at radius 3 is 2.75 bits per heavy atom. The molecular formula is C17H23N3O4. The van der Waals surface area contributed by atoms with Crippen molar-refractivity contribution in [1.82, 2.24) is 10.3 Å². The third-order valence-corrected chi connectivity index (χ3v) is 3.80.